The van der Waals surface area contributed by atoms with Crippen molar-refractivity contribution >= 4 is 32.7 Å². The number of benzene rings is 2. The molecular formula is C16H15NO3S2. The van der Waals surface area contributed by atoms with Gasteiger partial charge in [0.2, 0.25) is 5.89 Å². The summed E-state index contributed by atoms with van der Waals surface area (Å²) >= 11 is 1.43. The first-order valence-corrected chi connectivity index (χ1v) is 9.53. The molecule has 0 unspecified atom stereocenters. The third-order valence-electron chi connectivity index (χ3n) is 3.21. The Morgan fingerprint density at radius 1 is 1.09 bits per heavy atom. The zero-order chi connectivity index (χ0) is 15.7. The van der Waals surface area contributed by atoms with Crippen LogP contribution in [0, 0.1) is 0 Å². The van der Waals surface area contributed by atoms with E-state index >= 15 is 0 Å². The molecule has 0 saturated carbocycles. The molecule has 0 amide bonds. The number of thioether (sulfide) groups is 1. The summed E-state index contributed by atoms with van der Waals surface area (Å²) in [7, 11) is -3.26. The van der Waals surface area contributed by atoms with Gasteiger partial charge in [-0.15, -0.1) is 11.8 Å². The number of hydrogen-bond donors (Lipinski definition) is 0. The van der Waals surface area contributed by atoms with Crippen LogP contribution in [0.2, 0.25) is 0 Å². The summed E-state index contributed by atoms with van der Waals surface area (Å²) in [6, 6.07) is 14.5. The Balaban J connectivity index is 1.93. The lowest BCUT2D eigenvalue weighted by Crippen LogP contribution is -2.00. The molecule has 0 aliphatic carbocycles. The van der Waals surface area contributed by atoms with E-state index in [9.17, 15) is 8.42 Å². The molecule has 114 valence electrons. The molecule has 0 radical (unpaired) electrons. The highest BCUT2D eigenvalue weighted by molar-refractivity contribution is 8.00. The maximum absolute atomic E-state index is 11.9. The van der Waals surface area contributed by atoms with E-state index in [1.807, 2.05) is 37.3 Å². The molecule has 0 aliphatic heterocycles. The van der Waals surface area contributed by atoms with Gasteiger partial charge in [-0.3, -0.25) is 0 Å². The second kappa shape index (κ2) is 5.78. The summed E-state index contributed by atoms with van der Waals surface area (Å²) in [6.07, 6.45) is 1.22. The fraction of sp³-hybridized carbons (Fsp3) is 0.188. The minimum absolute atomic E-state index is 0.0877. The maximum atomic E-state index is 11.9. The van der Waals surface area contributed by atoms with Crippen molar-refractivity contribution in [2.45, 2.75) is 22.0 Å². The highest BCUT2D eigenvalue weighted by Crippen LogP contribution is 2.38. The Labute approximate surface area is 133 Å². The summed E-state index contributed by atoms with van der Waals surface area (Å²) in [6.45, 7) is 1.95. The number of sulfone groups is 1. The Morgan fingerprint density at radius 3 is 2.50 bits per heavy atom. The van der Waals surface area contributed by atoms with E-state index < -0.39 is 9.84 Å². The van der Waals surface area contributed by atoms with E-state index in [0.717, 1.165) is 11.1 Å². The maximum Gasteiger partial charge on any atom is 0.208 e. The van der Waals surface area contributed by atoms with Crippen LogP contribution in [0.5, 0.6) is 0 Å². The van der Waals surface area contributed by atoms with Gasteiger partial charge in [-0.25, -0.2) is 13.4 Å². The molecule has 2 aromatic carbocycles. The van der Waals surface area contributed by atoms with Crippen LogP contribution in [0.4, 0.5) is 0 Å². The van der Waals surface area contributed by atoms with Gasteiger partial charge in [-0.2, -0.15) is 0 Å². The van der Waals surface area contributed by atoms with E-state index in [0.29, 0.717) is 15.7 Å². The van der Waals surface area contributed by atoms with E-state index in [-0.39, 0.29) is 5.25 Å². The fourth-order valence-electron chi connectivity index (χ4n) is 2.16. The topological polar surface area (TPSA) is 60.2 Å². The van der Waals surface area contributed by atoms with Gasteiger partial charge in [-0.1, -0.05) is 24.3 Å². The monoisotopic (exact) mass is 333 g/mol. The predicted molar refractivity (Wildman–Crippen MR) is 87.8 cm³/mol. The number of hydrogen-bond acceptors (Lipinski definition) is 5. The van der Waals surface area contributed by atoms with Crippen molar-refractivity contribution in [2.75, 3.05) is 6.26 Å². The molecular weight excluding hydrogens is 318 g/mol. The Morgan fingerprint density at radius 2 is 1.77 bits per heavy atom. The van der Waals surface area contributed by atoms with Crippen LogP contribution in [-0.4, -0.2) is 19.7 Å². The SMILES string of the molecule is C[C@@H](Sc1ccccc1S(C)(=O)=O)c1nc2ccccc2o1. The lowest BCUT2D eigenvalue weighted by Gasteiger charge is -2.10. The second-order valence-electron chi connectivity index (χ2n) is 5.00. The summed E-state index contributed by atoms with van der Waals surface area (Å²) < 4.78 is 29.5. The third kappa shape index (κ3) is 3.03. The van der Waals surface area contributed by atoms with Crippen LogP contribution in [0.1, 0.15) is 18.1 Å². The van der Waals surface area contributed by atoms with Crippen molar-refractivity contribution < 1.29 is 12.8 Å². The van der Waals surface area contributed by atoms with Gasteiger partial charge in [0, 0.05) is 11.2 Å². The van der Waals surface area contributed by atoms with Crippen LogP contribution in [0.3, 0.4) is 0 Å². The summed E-state index contributed by atoms with van der Waals surface area (Å²) in [4.78, 5) is 5.51. The summed E-state index contributed by atoms with van der Waals surface area (Å²) in [5, 5.41) is -0.0877. The summed E-state index contributed by atoms with van der Waals surface area (Å²) in [5.41, 5.74) is 1.54. The lowest BCUT2D eigenvalue weighted by molar-refractivity contribution is 0.533. The third-order valence-corrected chi connectivity index (χ3v) is 5.66. The molecule has 6 heteroatoms. The highest BCUT2D eigenvalue weighted by Gasteiger charge is 2.19. The van der Waals surface area contributed by atoms with E-state index in [2.05, 4.69) is 4.98 Å². The number of nitrogens with zero attached hydrogens (tertiary/aromatic N) is 1. The molecule has 0 N–H and O–H groups in total. The molecule has 3 aromatic rings. The Bertz CT molecular complexity index is 883. The van der Waals surface area contributed by atoms with Crippen molar-refractivity contribution in [1.29, 1.82) is 0 Å². The number of rotatable bonds is 4. The first-order valence-electron chi connectivity index (χ1n) is 6.76. The van der Waals surface area contributed by atoms with Gasteiger partial charge < -0.3 is 4.42 Å². The molecule has 0 fully saturated rings. The van der Waals surface area contributed by atoms with Gasteiger partial charge in [0.05, 0.1) is 10.1 Å². The van der Waals surface area contributed by atoms with Gasteiger partial charge in [-0.05, 0) is 31.2 Å². The van der Waals surface area contributed by atoms with E-state index in [1.165, 1.54) is 18.0 Å². The predicted octanol–water partition coefficient (Wildman–Crippen LogP) is 4.08. The number of fused-ring (bicyclic) bond motifs is 1. The zero-order valence-electron chi connectivity index (χ0n) is 12.2. The zero-order valence-corrected chi connectivity index (χ0v) is 13.8. The van der Waals surface area contributed by atoms with Crippen LogP contribution < -0.4 is 0 Å². The molecule has 1 aromatic heterocycles. The van der Waals surface area contributed by atoms with Crippen molar-refractivity contribution in [3.05, 3.63) is 54.4 Å². The fourth-order valence-corrected chi connectivity index (χ4v) is 4.44. The number of oxazole rings is 1. The first kappa shape index (κ1) is 15.1. The van der Waals surface area contributed by atoms with Gasteiger partial charge in [0.15, 0.2) is 15.4 Å². The molecule has 1 heterocycles. The van der Waals surface area contributed by atoms with Crippen LogP contribution in [0.25, 0.3) is 11.1 Å². The number of para-hydroxylation sites is 2. The largest absolute Gasteiger partial charge is 0.439 e. The molecule has 22 heavy (non-hydrogen) atoms. The minimum atomic E-state index is -3.26. The standard InChI is InChI=1S/C16H15NO3S2/c1-11(16-17-12-7-3-4-8-13(12)20-16)21-14-9-5-6-10-15(14)22(2,18)19/h3-11H,1-2H3/t11-/m1/s1. The van der Waals surface area contributed by atoms with Crippen molar-refractivity contribution in [3.63, 3.8) is 0 Å². The van der Waals surface area contributed by atoms with Gasteiger partial charge in [0.1, 0.15) is 5.52 Å². The van der Waals surface area contributed by atoms with Gasteiger partial charge in [0.25, 0.3) is 0 Å². The van der Waals surface area contributed by atoms with E-state index in [4.69, 9.17) is 4.42 Å². The van der Waals surface area contributed by atoms with Gasteiger partial charge >= 0.3 is 0 Å². The molecule has 0 aliphatic rings. The van der Waals surface area contributed by atoms with Crippen molar-refractivity contribution in [1.82, 2.24) is 4.98 Å². The smallest absolute Gasteiger partial charge is 0.208 e. The van der Waals surface area contributed by atoms with Crippen molar-refractivity contribution in [3.8, 4) is 0 Å². The molecule has 0 saturated heterocycles. The lowest BCUT2D eigenvalue weighted by atomic mass is 10.3. The van der Waals surface area contributed by atoms with Crippen LogP contribution >= 0.6 is 11.8 Å². The quantitative estimate of drug-likeness (QED) is 0.673. The molecule has 4 nitrogen and oxygen atoms in total. The molecule has 1 atom stereocenters. The molecule has 0 spiro atoms. The average Bonchev–Trinajstić information content (AvgIpc) is 2.90. The van der Waals surface area contributed by atoms with Crippen LogP contribution in [0.15, 0.2) is 62.7 Å². The van der Waals surface area contributed by atoms with Crippen LogP contribution in [-0.2, 0) is 9.84 Å². The average molecular weight is 333 g/mol. The summed E-state index contributed by atoms with van der Waals surface area (Å²) in [5.74, 6) is 0.592. The number of aromatic nitrogens is 1. The minimum Gasteiger partial charge on any atom is -0.439 e. The Kier molecular flexibility index (Phi) is 3.97. The highest BCUT2D eigenvalue weighted by atomic mass is 32.2. The second-order valence-corrected chi connectivity index (χ2v) is 8.37. The molecule has 0 bridgehead atoms. The van der Waals surface area contributed by atoms with Crippen molar-refractivity contribution in [2.24, 2.45) is 0 Å². The molecule has 3 rings (SSSR count). The first-order chi connectivity index (χ1) is 10.4. The Hall–Kier alpha value is -1.79. The van der Waals surface area contributed by atoms with E-state index in [1.54, 1.807) is 18.2 Å². The normalized spacial score (nSPS) is 13.4.